The lowest BCUT2D eigenvalue weighted by Gasteiger charge is -2.20. The van der Waals surface area contributed by atoms with Crippen LogP contribution in [0.25, 0.3) is 21.5 Å². The Labute approximate surface area is 311 Å². The lowest BCUT2D eigenvalue weighted by atomic mass is 9.93. The molecule has 0 heterocycles. The molecule has 11 heteroatoms. The zero-order valence-electron chi connectivity index (χ0n) is 29.6. The Balaban J connectivity index is 1.32. The van der Waals surface area contributed by atoms with E-state index in [1.165, 1.54) is 24.3 Å². The van der Waals surface area contributed by atoms with Gasteiger partial charge >= 0.3 is 5.97 Å². The van der Waals surface area contributed by atoms with Crippen LogP contribution in [0.15, 0.2) is 127 Å². The molecule has 11 nitrogen and oxygen atoms in total. The van der Waals surface area contributed by atoms with Gasteiger partial charge in [0.25, 0.3) is 0 Å². The highest BCUT2D eigenvalue weighted by molar-refractivity contribution is 5.98. The van der Waals surface area contributed by atoms with E-state index in [2.05, 4.69) is 0 Å². The number of ether oxygens (including phenoxy) is 3. The van der Waals surface area contributed by atoms with E-state index in [4.69, 9.17) is 19.3 Å². The summed E-state index contributed by atoms with van der Waals surface area (Å²) < 4.78 is 17.6. The van der Waals surface area contributed by atoms with Gasteiger partial charge in [0.2, 0.25) is 0 Å². The van der Waals surface area contributed by atoms with Gasteiger partial charge in [-0.25, -0.2) is 4.79 Å². The number of Topliss-reactive ketones (excluding diaryl/α,β-unsaturated/α-hetero) is 1. The third-order valence-corrected chi connectivity index (χ3v) is 8.73. The number of carbonyl (C=O) groups is 2. The molecule has 5 aromatic carbocycles. The number of aliphatic hydroxyl groups excluding tert-OH is 4. The highest BCUT2D eigenvalue weighted by atomic mass is 16.5. The van der Waals surface area contributed by atoms with Crippen LogP contribution in [0.2, 0.25) is 0 Å². The second kappa shape index (κ2) is 18.5. The first-order chi connectivity index (χ1) is 26.1. The summed E-state index contributed by atoms with van der Waals surface area (Å²) in [6, 6.07) is 26.7. The summed E-state index contributed by atoms with van der Waals surface area (Å²) in [7, 11) is 0. The highest BCUT2D eigenvalue weighted by Crippen LogP contribution is 2.36. The van der Waals surface area contributed by atoms with Crippen molar-refractivity contribution in [1.29, 1.82) is 0 Å². The molecule has 0 radical (unpaired) electrons. The van der Waals surface area contributed by atoms with Crippen LogP contribution < -0.4 is 9.47 Å². The van der Waals surface area contributed by atoms with Gasteiger partial charge in [-0.15, -0.1) is 0 Å². The molecule has 0 fully saturated rings. The molecule has 0 amide bonds. The number of hydrogen-bond donors (Lipinski definition) is 6. The van der Waals surface area contributed by atoms with Gasteiger partial charge in [-0.3, -0.25) is 4.79 Å². The molecular weight excluding hydrogens is 692 g/mol. The van der Waals surface area contributed by atoms with E-state index in [1.54, 1.807) is 13.0 Å². The SMILES string of the molecule is C\C=C(/C=C\C(O)=C\O)C(=O)CCC(O)COc1ccc2ccccc2c1Cc1c(OCC(O)COC(=O)c2ccc(O)c(O)c2)ccc2ccccc12. The normalized spacial score (nSPS) is 13.2. The predicted molar refractivity (Wildman–Crippen MR) is 204 cm³/mol. The van der Waals surface area contributed by atoms with Gasteiger partial charge in [-0.2, -0.15) is 0 Å². The van der Waals surface area contributed by atoms with E-state index < -0.39 is 29.7 Å². The Hall–Kier alpha value is -6.30. The molecule has 2 atom stereocenters. The number of phenols is 2. The topological polar surface area (TPSA) is 183 Å². The monoisotopic (exact) mass is 734 g/mol. The van der Waals surface area contributed by atoms with Crippen LogP contribution in [-0.2, 0) is 16.0 Å². The lowest BCUT2D eigenvalue weighted by molar-refractivity contribution is -0.115. The Kier molecular flexibility index (Phi) is 13.3. The molecule has 2 unspecified atom stereocenters. The van der Waals surface area contributed by atoms with Crippen molar-refractivity contribution in [2.24, 2.45) is 0 Å². The number of phenolic OH excluding ortho intramolecular Hbond substituents is 2. The van der Waals surface area contributed by atoms with Gasteiger partial charge in [0.15, 0.2) is 17.3 Å². The molecule has 0 bridgehead atoms. The Morgan fingerprint density at radius 2 is 1.31 bits per heavy atom. The number of rotatable bonds is 17. The summed E-state index contributed by atoms with van der Waals surface area (Å²) in [6.45, 7) is 1.02. The van der Waals surface area contributed by atoms with Crippen LogP contribution in [0.3, 0.4) is 0 Å². The number of aliphatic hydroxyl groups is 4. The molecule has 280 valence electrons. The van der Waals surface area contributed by atoms with Crippen molar-refractivity contribution in [2.75, 3.05) is 19.8 Å². The van der Waals surface area contributed by atoms with Crippen molar-refractivity contribution in [1.82, 2.24) is 0 Å². The van der Waals surface area contributed by atoms with Crippen molar-refractivity contribution in [3.63, 3.8) is 0 Å². The van der Waals surface area contributed by atoms with E-state index in [9.17, 15) is 35.1 Å². The zero-order chi connectivity index (χ0) is 38.6. The van der Waals surface area contributed by atoms with Gasteiger partial charge in [-0.1, -0.05) is 66.7 Å². The van der Waals surface area contributed by atoms with E-state index in [-0.39, 0.29) is 49.8 Å². The summed E-state index contributed by atoms with van der Waals surface area (Å²) in [6.07, 6.45) is 3.06. The average molecular weight is 735 g/mol. The zero-order valence-corrected chi connectivity index (χ0v) is 29.6. The molecule has 0 aliphatic carbocycles. The van der Waals surface area contributed by atoms with Crippen LogP contribution in [0.4, 0.5) is 0 Å². The molecule has 0 aliphatic heterocycles. The number of fused-ring (bicyclic) bond motifs is 2. The van der Waals surface area contributed by atoms with Crippen LogP contribution >= 0.6 is 0 Å². The minimum absolute atomic E-state index is 0.00891. The fourth-order valence-electron chi connectivity index (χ4n) is 5.86. The minimum atomic E-state index is -1.19. The fourth-order valence-corrected chi connectivity index (χ4v) is 5.86. The minimum Gasteiger partial charge on any atom is -0.512 e. The standard InChI is InChI=1S/C43H42O11/c1-2-27(11-15-31(45)23-44)38(48)18-16-32(46)24-52-41-19-13-28-7-3-5-9-34(28)36(41)22-37-35-10-6-4-8-29(35)14-20-42(37)53-25-33(47)26-54-43(51)30-12-17-39(49)40(50)21-30/h2-15,17,19-21,23,32-33,44-47,49-50H,16,18,22,24-26H2,1H3/b15-11-,27-2+,31-23-. The van der Waals surface area contributed by atoms with Crippen molar-refractivity contribution in [2.45, 2.75) is 38.4 Å². The molecule has 5 aromatic rings. The van der Waals surface area contributed by atoms with Crippen molar-refractivity contribution < 1.29 is 54.4 Å². The van der Waals surface area contributed by atoms with E-state index >= 15 is 0 Å². The Morgan fingerprint density at radius 1 is 0.722 bits per heavy atom. The first-order valence-corrected chi connectivity index (χ1v) is 17.3. The molecule has 0 saturated heterocycles. The van der Waals surface area contributed by atoms with Crippen molar-refractivity contribution >= 4 is 33.3 Å². The molecule has 6 N–H and O–H groups in total. The van der Waals surface area contributed by atoms with Gasteiger partial charge in [-0.05, 0) is 77.4 Å². The number of aromatic hydroxyl groups is 2. The van der Waals surface area contributed by atoms with Crippen LogP contribution in [0.1, 0.15) is 41.3 Å². The maximum absolute atomic E-state index is 12.7. The quantitative estimate of drug-likeness (QED) is 0.0188. The first kappa shape index (κ1) is 38.9. The number of benzene rings is 5. The summed E-state index contributed by atoms with van der Waals surface area (Å²) in [5.41, 5.74) is 1.99. The number of allylic oxidation sites excluding steroid dienone is 4. The van der Waals surface area contributed by atoms with E-state index in [1.807, 2.05) is 72.8 Å². The molecule has 0 aliphatic rings. The third-order valence-electron chi connectivity index (χ3n) is 8.73. The third kappa shape index (κ3) is 9.97. The Bertz CT molecular complexity index is 2200. The van der Waals surface area contributed by atoms with Crippen LogP contribution in [0, 0.1) is 0 Å². The number of hydrogen-bond acceptors (Lipinski definition) is 11. The maximum Gasteiger partial charge on any atom is 0.338 e. The second-order valence-electron chi connectivity index (χ2n) is 12.5. The number of carbonyl (C=O) groups excluding carboxylic acids is 2. The Morgan fingerprint density at radius 3 is 1.89 bits per heavy atom. The maximum atomic E-state index is 12.7. The van der Waals surface area contributed by atoms with Crippen molar-refractivity contribution in [3.05, 3.63) is 144 Å². The smallest absolute Gasteiger partial charge is 0.338 e. The molecule has 0 saturated carbocycles. The van der Waals surface area contributed by atoms with Gasteiger partial charge in [0.1, 0.15) is 49.4 Å². The van der Waals surface area contributed by atoms with Crippen LogP contribution in [0.5, 0.6) is 23.0 Å². The van der Waals surface area contributed by atoms with Crippen LogP contribution in [-0.4, -0.2) is 74.4 Å². The summed E-state index contributed by atoms with van der Waals surface area (Å²) >= 11 is 0. The molecule has 54 heavy (non-hydrogen) atoms. The van der Waals surface area contributed by atoms with Gasteiger partial charge < -0.3 is 44.8 Å². The predicted octanol–water partition coefficient (Wildman–Crippen LogP) is 7.14. The average Bonchev–Trinajstić information content (AvgIpc) is 3.19. The highest BCUT2D eigenvalue weighted by Gasteiger charge is 2.19. The summed E-state index contributed by atoms with van der Waals surface area (Å²) in [5, 5.41) is 62.9. The first-order valence-electron chi connectivity index (χ1n) is 17.3. The number of ketones is 1. The summed E-state index contributed by atoms with van der Waals surface area (Å²) in [4.78, 5) is 25.2. The van der Waals surface area contributed by atoms with E-state index in [0.29, 0.717) is 29.8 Å². The molecular formula is C43H42O11. The molecule has 5 rings (SSSR count). The number of esters is 1. The molecule has 0 aromatic heterocycles. The molecule has 0 spiro atoms. The van der Waals surface area contributed by atoms with Gasteiger partial charge in [0, 0.05) is 29.5 Å². The largest absolute Gasteiger partial charge is 0.512 e. The fraction of sp³-hybridized carbons (Fsp3) is 0.209. The van der Waals surface area contributed by atoms with Gasteiger partial charge in [0.05, 0.1) is 11.7 Å². The van der Waals surface area contributed by atoms with E-state index in [0.717, 1.165) is 38.7 Å². The second-order valence-corrected chi connectivity index (χ2v) is 12.5. The van der Waals surface area contributed by atoms with Crippen molar-refractivity contribution in [3.8, 4) is 23.0 Å². The lowest BCUT2D eigenvalue weighted by Crippen LogP contribution is -2.25. The summed E-state index contributed by atoms with van der Waals surface area (Å²) in [5.74, 6) is -1.23.